The monoisotopic (exact) mass is 407 g/mol. The van der Waals surface area contributed by atoms with E-state index in [-0.39, 0.29) is 12.2 Å². The Morgan fingerprint density at radius 3 is 2.80 bits per heavy atom. The van der Waals surface area contributed by atoms with Crippen LogP contribution in [0.15, 0.2) is 66.0 Å². The average Bonchev–Trinajstić information content (AvgIpc) is 3.17. The normalized spacial score (nSPS) is 10.7. The largest absolute Gasteiger partial charge is 0.423 e. The van der Waals surface area contributed by atoms with Crippen LogP contribution in [0.3, 0.4) is 0 Å². The van der Waals surface area contributed by atoms with E-state index in [4.69, 9.17) is 4.74 Å². The number of hydrogen-bond acceptors (Lipinski definition) is 7. The van der Waals surface area contributed by atoms with Gasteiger partial charge in [0.05, 0.1) is 16.7 Å². The first-order valence-corrected chi connectivity index (χ1v) is 8.79. The molecule has 0 aliphatic carbocycles. The van der Waals surface area contributed by atoms with Gasteiger partial charge < -0.3 is 4.74 Å². The van der Waals surface area contributed by atoms with Crippen molar-refractivity contribution in [2.24, 2.45) is 5.10 Å². The fourth-order valence-electron chi connectivity index (χ4n) is 2.52. The number of aromatic nitrogens is 2. The summed E-state index contributed by atoms with van der Waals surface area (Å²) < 4.78 is 6.53. The molecule has 0 radical (unpaired) electrons. The first kappa shape index (κ1) is 20.4. The van der Waals surface area contributed by atoms with E-state index in [1.54, 1.807) is 36.4 Å². The average molecular weight is 407 g/mol. The van der Waals surface area contributed by atoms with Crippen molar-refractivity contribution in [1.82, 2.24) is 15.2 Å². The molecule has 3 rings (SSSR count). The zero-order valence-electron chi connectivity index (χ0n) is 15.9. The van der Waals surface area contributed by atoms with E-state index >= 15 is 0 Å². The number of benzene rings is 2. The maximum absolute atomic E-state index is 12.3. The van der Waals surface area contributed by atoms with Gasteiger partial charge in [0.2, 0.25) is 0 Å². The molecule has 3 aromatic rings. The summed E-state index contributed by atoms with van der Waals surface area (Å²) >= 11 is 0. The van der Waals surface area contributed by atoms with Crippen molar-refractivity contribution in [1.29, 1.82) is 0 Å². The Balaban J connectivity index is 1.57. The van der Waals surface area contributed by atoms with Gasteiger partial charge in [-0.2, -0.15) is 10.2 Å². The van der Waals surface area contributed by atoms with Crippen LogP contribution in [-0.2, 0) is 11.3 Å². The van der Waals surface area contributed by atoms with Crippen molar-refractivity contribution in [3.63, 3.8) is 0 Å². The Kier molecular flexibility index (Phi) is 6.28. The lowest BCUT2D eigenvalue weighted by Crippen LogP contribution is -2.23. The molecule has 0 aliphatic heterocycles. The van der Waals surface area contributed by atoms with Crippen molar-refractivity contribution in [2.75, 3.05) is 0 Å². The number of nitro groups is 1. The Morgan fingerprint density at radius 2 is 2.07 bits per heavy atom. The standard InChI is InChI=1S/C20H17N5O5/c1-14-5-2-3-8-18(14)20(27)30-17-7-4-6-15(9-17)10-21-23-19(26)13-24-12-16(11-22-24)25(28)29/h2-12H,13H2,1H3,(H,23,26). The lowest BCUT2D eigenvalue weighted by Gasteiger charge is -2.07. The van der Waals surface area contributed by atoms with Gasteiger partial charge in [0.1, 0.15) is 24.7 Å². The number of ether oxygens (including phenoxy) is 1. The van der Waals surface area contributed by atoms with Crippen molar-refractivity contribution in [2.45, 2.75) is 13.5 Å². The van der Waals surface area contributed by atoms with E-state index in [9.17, 15) is 19.7 Å². The number of hydrazone groups is 1. The van der Waals surface area contributed by atoms with Crippen LogP contribution in [0.4, 0.5) is 5.69 Å². The van der Waals surface area contributed by atoms with Crippen LogP contribution in [0.25, 0.3) is 0 Å². The van der Waals surface area contributed by atoms with Crippen molar-refractivity contribution >= 4 is 23.8 Å². The highest BCUT2D eigenvalue weighted by Gasteiger charge is 2.12. The van der Waals surface area contributed by atoms with E-state index in [0.717, 1.165) is 22.6 Å². The van der Waals surface area contributed by atoms with Crippen LogP contribution in [0.2, 0.25) is 0 Å². The molecule has 0 aliphatic rings. The quantitative estimate of drug-likeness (QED) is 0.211. The highest BCUT2D eigenvalue weighted by atomic mass is 16.6. The Bertz CT molecular complexity index is 1120. The molecule has 1 aromatic heterocycles. The summed E-state index contributed by atoms with van der Waals surface area (Å²) in [5.41, 5.74) is 3.98. The molecule has 10 nitrogen and oxygen atoms in total. The summed E-state index contributed by atoms with van der Waals surface area (Å²) in [7, 11) is 0. The second-order valence-electron chi connectivity index (χ2n) is 6.22. The van der Waals surface area contributed by atoms with Crippen LogP contribution < -0.4 is 10.2 Å². The molecular formula is C20H17N5O5. The number of rotatable bonds is 7. The van der Waals surface area contributed by atoms with Crippen LogP contribution in [0.5, 0.6) is 5.75 Å². The zero-order valence-corrected chi connectivity index (χ0v) is 15.9. The number of amides is 1. The molecule has 0 bridgehead atoms. The summed E-state index contributed by atoms with van der Waals surface area (Å²) in [6.07, 6.45) is 3.59. The van der Waals surface area contributed by atoms with E-state index in [0.29, 0.717) is 16.9 Å². The van der Waals surface area contributed by atoms with Crippen molar-refractivity contribution in [3.8, 4) is 5.75 Å². The van der Waals surface area contributed by atoms with Gasteiger partial charge in [-0.1, -0.05) is 30.3 Å². The van der Waals surface area contributed by atoms with E-state index in [1.807, 2.05) is 19.1 Å². The number of hydrogen-bond donors (Lipinski definition) is 1. The Morgan fingerprint density at radius 1 is 1.27 bits per heavy atom. The SMILES string of the molecule is Cc1ccccc1C(=O)Oc1cccc(C=NNC(=O)Cn2cc([N+](=O)[O-])cn2)c1. The van der Waals surface area contributed by atoms with Crippen LogP contribution in [0.1, 0.15) is 21.5 Å². The molecule has 0 atom stereocenters. The van der Waals surface area contributed by atoms with Crippen molar-refractivity contribution in [3.05, 3.63) is 87.7 Å². The van der Waals surface area contributed by atoms with E-state index in [1.165, 1.54) is 6.21 Å². The van der Waals surface area contributed by atoms with Gasteiger partial charge in [-0.3, -0.25) is 19.6 Å². The number of nitrogens with zero attached hydrogens (tertiary/aromatic N) is 4. The number of carbonyl (C=O) groups excluding carboxylic acids is 2. The lowest BCUT2D eigenvalue weighted by molar-refractivity contribution is -0.385. The molecule has 1 amide bonds. The molecule has 0 unspecified atom stereocenters. The van der Waals surface area contributed by atoms with E-state index < -0.39 is 16.8 Å². The third kappa shape index (κ3) is 5.35. The topological polar surface area (TPSA) is 129 Å². The minimum Gasteiger partial charge on any atom is -0.423 e. The second kappa shape index (κ2) is 9.24. The predicted octanol–water partition coefficient (Wildman–Crippen LogP) is 2.47. The third-order valence-electron chi connectivity index (χ3n) is 3.97. The number of nitrogens with one attached hydrogen (secondary N) is 1. The van der Waals surface area contributed by atoms with Crippen molar-refractivity contribution < 1.29 is 19.2 Å². The van der Waals surface area contributed by atoms with Crippen LogP contribution in [-0.4, -0.2) is 32.8 Å². The third-order valence-corrected chi connectivity index (χ3v) is 3.97. The molecule has 0 spiro atoms. The molecule has 30 heavy (non-hydrogen) atoms. The summed E-state index contributed by atoms with van der Waals surface area (Å²) in [5.74, 6) is -0.641. The molecule has 1 heterocycles. The first-order valence-electron chi connectivity index (χ1n) is 8.79. The maximum Gasteiger partial charge on any atom is 0.343 e. The molecule has 1 N–H and O–H groups in total. The lowest BCUT2D eigenvalue weighted by atomic mass is 10.1. The Hall–Kier alpha value is -4.34. The molecule has 0 saturated heterocycles. The van der Waals surface area contributed by atoms with Gasteiger partial charge >= 0.3 is 11.7 Å². The smallest absolute Gasteiger partial charge is 0.343 e. The van der Waals surface area contributed by atoms with Crippen LogP contribution >= 0.6 is 0 Å². The first-order chi connectivity index (χ1) is 14.4. The van der Waals surface area contributed by atoms with Gasteiger partial charge in [0, 0.05) is 0 Å². The molecule has 0 fully saturated rings. The summed E-state index contributed by atoms with van der Waals surface area (Å²) in [6.45, 7) is 1.60. The Labute approximate surface area is 170 Å². The van der Waals surface area contributed by atoms with Gasteiger partial charge in [-0.05, 0) is 36.2 Å². The maximum atomic E-state index is 12.3. The highest BCUT2D eigenvalue weighted by molar-refractivity contribution is 5.92. The van der Waals surface area contributed by atoms with Gasteiger partial charge in [-0.25, -0.2) is 10.2 Å². The van der Waals surface area contributed by atoms with Crippen LogP contribution in [0, 0.1) is 17.0 Å². The minimum atomic E-state index is -0.599. The minimum absolute atomic E-state index is 0.205. The summed E-state index contributed by atoms with van der Waals surface area (Å²) in [5, 5.41) is 18.2. The second-order valence-corrected chi connectivity index (χ2v) is 6.22. The fraction of sp³-hybridized carbons (Fsp3) is 0.100. The summed E-state index contributed by atoms with van der Waals surface area (Å²) in [6, 6.07) is 13.8. The fourth-order valence-corrected chi connectivity index (χ4v) is 2.52. The number of aryl methyl sites for hydroxylation is 1. The molecule has 10 heteroatoms. The molecule has 2 aromatic carbocycles. The highest BCUT2D eigenvalue weighted by Crippen LogP contribution is 2.16. The summed E-state index contributed by atoms with van der Waals surface area (Å²) in [4.78, 5) is 34.2. The van der Waals surface area contributed by atoms with E-state index in [2.05, 4.69) is 15.6 Å². The molecule has 0 saturated carbocycles. The number of esters is 1. The van der Waals surface area contributed by atoms with Gasteiger partial charge in [0.25, 0.3) is 5.91 Å². The van der Waals surface area contributed by atoms with Gasteiger partial charge in [-0.15, -0.1) is 0 Å². The predicted molar refractivity (Wildman–Crippen MR) is 107 cm³/mol. The molecular weight excluding hydrogens is 390 g/mol. The number of carbonyl (C=O) groups is 2. The van der Waals surface area contributed by atoms with Gasteiger partial charge in [0.15, 0.2) is 0 Å². The molecule has 152 valence electrons. The zero-order chi connectivity index (χ0) is 21.5.